The molecule has 3 amide bonds. The van der Waals surface area contributed by atoms with Crippen LogP contribution in [0.2, 0.25) is 0 Å². The van der Waals surface area contributed by atoms with Crippen LogP contribution < -0.4 is 10.6 Å². The molecule has 0 spiro atoms. The van der Waals surface area contributed by atoms with Gasteiger partial charge in [0, 0.05) is 26.2 Å². The second-order valence-corrected chi connectivity index (χ2v) is 5.47. The molecule has 3 N–H and O–H groups in total. The summed E-state index contributed by atoms with van der Waals surface area (Å²) in [5.74, 6) is -1.48. The van der Waals surface area contributed by atoms with Gasteiger partial charge in [-0.3, -0.25) is 9.59 Å². The van der Waals surface area contributed by atoms with Crippen LogP contribution in [0.4, 0.5) is 4.79 Å². The van der Waals surface area contributed by atoms with Crippen molar-refractivity contribution in [1.29, 1.82) is 0 Å². The van der Waals surface area contributed by atoms with Gasteiger partial charge in [-0.25, -0.2) is 4.79 Å². The van der Waals surface area contributed by atoms with Crippen LogP contribution in [0.3, 0.4) is 0 Å². The van der Waals surface area contributed by atoms with Crippen molar-refractivity contribution in [3.8, 4) is 0 Å². The predicted molar refractivity (Wildman–Crippen MR) is 74.8 cm³/mol. The SMILES string of the molecule is CN(C(=O)N1CCNC(=O)C1CC(=O)O)C1CCNCC1. The maximum atomic E-state index is 12.6. The molecule has 2 fully saturated rings. The van der Waals surface area contributed by atoms with E-state index >= 15 is 0 Å². The number of amides is 3. The van der Waals surface area contributed by atoms with Crippen LogP contribution in [0.5, 0.6) is 0 Å². The maximum Gasteiger partial charge on any atom is 0.320 e. The number of carbonyl (C=O) groups is 3. The second kappa shape index (κ2) is 6.75. The number of carboxylic acids is 1. The molecular formula is C13H22N4O4. The van der Waals surface area contributed by atoms with Gasteiger partial charge in [-0.05, 0) is 25.9 Å². The van der Waals surface area contributed by atoms with E-state index in [-0.39, 0.29) is 18.5 Å². The van der Waals surface area contributed by atoms with E-state index in [4.69, 9.17) is 5.11 Å². The van der Waals surface area contributed by atoms with Gasteiger partial charge in [-0.2, -0.15) is 0 Å². The number of hydrogen-bond acceptors (Lipinski definition) is 4. The molecule has 0 bridgehead atoms. The Labute approximate surface area is 123 Å². The highest BCUT2D eigenvalue weighted by Crippen LogP contribution is 2.16. The molecule has 118 valence electrons. The van der Waals surface area contributed by atoms with Gasteiger partial charge in [0.05, 0.1) is 6.42 Å². The van der Waals surface area contributed by atoms with Crippen molar-refractivity contribution >= 4 is 17.9 Å². The first-order chi connectivity index (χ1) is 10.0. The summed E-state index contributed by atoms with van der Waals surface area (Å²) in [5.41, 5.74) is 0. The van der Waals surface area contributed by atoms with Crippen LogP contribution in [0.25, 0.3) is 0 Å². The molecule has 2 rings (SSSR count). The molecule has 8 heteroatoms. The van der Waals surface area contributed by atoms with Crippen molar-refractivity contribution in [2.75, 3.05) is 33.2 Å². The lowest BCUT2D eigenvalue weighted by molar-refractivity contribution is -0.142. The molecule has 8 nitrogen and oxygen atoms in total. The van der Waals surface area contributed by atoms with Crippen molar-refractivity contribution in [3.63, 3.8) is 0 Å². The summed E-state index contributed by atoms with van der Waals surface area (Å²) < 4.78 is 0. The molecule has 1 unspecified atom stereocenters. The summed E-state index contributed by atoms with van der Waals surface area (Å²) in [7, 11) is 1.72. The molecular weight excluding hydrogens is 276 g/mol. The van der Waals surface area contributed by atoms with Crippen LogP contribution in [-0.2, 0) is 9.59 Å². The molecule has 21 heavy (non-hydrogen) atoms. The Balaban J connectivity index is 2.06. The summed E-state index contributed by atoms with van der Waals surface area (Å²) in [6, 6.07) is -1.05. The Morgan fingerprint density at radius 1 is 1.33 bits per heavy atom. The van der Waals surface area contributed by atoms with Gasteiger partial charge in [-0.1, -0.05) is 0 Å². The highest BCUT2D eigenvalue weighted by atomic mass is 16.4. The van der Waals surface area contributed by atoms with E-state index < -0.39 is 17.9 Å². The molecule has 2 aliphatic heterocycles. The van der Waals surface area contributed by atoms with E-state index in [2.05, 4.69) is 10.6 Å². The second-order valence-electron chi connectivity index (χ2n) is 5.47. The molecule has 0 aliphatic carbocycles. The molecule has 0 aromatic carbocycles. The van der Waals surface area contributed by atoms with E-state index in [1.54, 1.807) is 11.9 Å². The minimum absolute atomic E-state index is 0.134. The van der Waals surface area contributed by atoms with E-state index in [1.165, 1.54) is 4.90 Å². The molecule has 2 saturated heterocycles. The topological polar surface area (TPSA) is 102 Å². The van der Waals surface area contributed by atoms with Gasteiger partial charge in [0.15, 0.2) is 0 Å². The van der Waals surface area contributed by atoms with E-state index in [0.29, 0.717) is 13.1 Å². The van der Waals surface area contributed by atoms with E-state index in [0.717, 1.165) is 25.9 Å². The van der Waals surface area contributed by atoms with Crippen molar-refractivity contribution in [2.24, 2.45) is 0 Å². The fourth-order valence-electron chi connectivity index (χ4n) is 2.86. The van der Waals surface area contributed by atoms with E-state index in [1.807, 2.05) is 0 Å². The maximum absolute atomic E-state index is 12.6. The Kier molecular flexibility index (Phi) is 5.00. The molecule has 2 aliphatic rings. The largest absolute Gasteiger partial charge is 0.481 e. The standard InChI is InChI=1S/C13H22N4O4/c1-16(9-2-4-14-5-3-9)13(21)17-7-6-15-12(20)10(17)8-11(18)19/h9-10,14H,2-8H2,1H3,(H,15,20)(H,18,19). The molecule has 0 radical (unpaired) electrons. The Bertz CT molecular complexity index is 422. The summed E-state index contributed by atoms with van der Waals surface area (Å²) in [6.45, 7) is 2.43. The minimum Gasteiger partial charge on any atom is -0.481 e. The summed E-state index contributed by atoms with van der Waals surface area (Å²) in [4.78, 5) is 38.4. The third-order valence-corrected chi connectivity index (χ3v) is 4.10. The average molecular weight is 298 g/mol. The fourth-order valence-corrected chi connectivity index (χ4v) is 2.86. The Morgan fingerprint density at radius 2 is 2.00 bits per heavy atom. The quantitative estimate of drug-likeness (QED) is 0.624. The number of rotatable bonds is 3. The van der Waals surface area contributed by atoms with Crippen molar-refractivity contribution < 1.29 is 19.5 Å². The van der Waals surface area contributed by atoms with Gasteiger partial charge in [0.25, 0.3) is 0 Å². The zero-order valence-electron chi connectivity index (χ0n) is 12.2. The highest BCUT2D eigenvalue weighted by molar-refractivity contribution is 5.91. The molecule has 0 aromatic rings. The van der Waals surface area contributed by atoms with Gasteiger partial charge < -0.3 is 25.5 Å². The number of carbonyl (C=O) groups excluding carboxylic acids is 2. The third-order valence-electron chi connectivity index (χ3n) is 4.10. The smallest absolute Gasteiger partial charge is 0.320 e. The normalized spacial score (nSPS) is 23.6. The minimum atomic E-state index is -1.08. The number of piperidine rings is 1. The summed E-state index contributed by atoms with van der Waals surface area (Å²) >= 11 is 0. The van der Waals surface area contributed by atoms with Crippen molar-refractivity contribution in [2.45, 2.75) is 31.3 Å². The fraction of sp³-hybridized carbons (Fsp3) is 0.769. The Morgan fingerprint density at radius 3 is 2.62 bits per heavy atom. The molecule has 0 saturated carbocycles. The first-order valence-corrected chi connectivity index (χ1v) is 7.24. The van der Waals surface area contributed by atoms with E-state index in [9.17, 15) is 14.4 Å². The predicted octanol–water partition coefficient (Wildman–Crippen LogP) is -0.935. The monoisotopic (exact) mass is 298 g/mol. The number of piperazine rings is 1. The molecule has 0 aromatic heterocycles. The van der Waals surface area contributed by atoms with Crippen LogP contribution >= 0.6 is 0 Å². The lowest BCUT2D eigenvalue weighted by Crippen LogP contribution is -2.61. The van der Waals surface area contributed by atoms with Gasteiger partial charge in [-0.15, -0.1) is 0 Å². The van der Waals surface area contributed by atoms with Gasteiger partial charge in [0.2, 0.25) is 5.91 Å². The lowest BCUT2D eigenvalue weighted by atomic mass is 10.1. The first kappa shape index (κ1) is 15.6. The lowest BCUT2D eigenvalue weighted by Gasteiger charge is -2.40. The van der Waals surface area contributed by atoms with Crippen LogP contribution in [0.1, 0.15) is 19.3 Å². The first-order valence-electron chi connectivity index (χ1n) is 7.24. The highest BCUT2D eigenvalue weighted by Gasteiger charge is 2.37. The van der Waals surface area contributed by atoms with Crippen LogP contribution in [0.15, 0.2) is 0 Å². The van der Waals surface area contributed by atoms with Crippen LogP contribution in [0, 0.1) is 0 Å². The number of nitrogens with one attached hydrogen (secondary N) is 2. The zero-order chi connectivity index (χ0) is 15.4. The summed E-state index contributed by atoms with van der Waals surface area (Å²) in [6.07, 6.45) is 1.37. The van der Waals surface area contributed by atoms with Gasteiger partial charge >= 0.3 is 12.0 Å². The third kappa shape index (κ3) is 3.63. The summed E-state index contributed by atoms with van der Waals surface area (Å²) in [5, 5.41) is 14.8. The van der Waals surface area contributed by atoms with Crippen LogP contribution in [-0.4, -0.2) is 78.1 Å². The molecule has 2 heterocycles. The zero-order valence-corrected chi connectivity index (χ0v) is 12.2. The average Bonchev–Trinajstić information content (AvgIpc) is 2.48. The van der Waals surface area contributed by atoms with Crippen molar-refractivity contribution in [1.82, 2.24) is 20.4 Å². The van der Waals surface area contributed by atoms with Gasteiger partial charge in [0.1, 0.15) is 6.04 Å². The molecule has 1 atom stereocenters. The number of hydrogen-bond donors (Lipinski definition) is 3. The number of aliphatic carboxylic acids is 1. The number of carboxylic acid groups (broad SMARTS) is 1. The van der Waals surface area contributed by atoms with Crippen molar-refractivity contribution in [3.05, 3.63) is 0 Å². The number of nitrogens with zero attached hydrogens (tertiary/aromatic N) is 2. The number of urea groups is 1. The Hall–Kier alpha value is -1.83.